The number of phosphoric acid groups is 1. The Morgan fingerprint density at radius 1 is 0.493 bits per heavy atom. The lowest BCUT2D eigenvalue weighted by Crippen LogP contribution is -2.45. The monoisotopic (exact) mass is 966 g/mol. The average Bonchev–Trinajstić information content (AvgIpc) is 3.29. The quantitative estimate of drug-likeness (QED) is 0.0243. The number of quaternary nitrogens is 1. The summed E-state index contributed by atoms with van der Waals surface area (Å²) in [6, 6.07) is -0.866. The molecular formula is C58H114N2O6P+. The Hall–Kier alpha value is -1.28. The van der Waals surface area contributed by atoms with Gasteiger partial charge in [-0.2, -0.15) is 0 Å². The number of phosphoric ester groups is 1. The molecule has 0 aromatic rings. The molecule has 3 atom stereocenters. The Labute approximate surface area is 417 Å². The van der Waals surface area contributed by atoms with Crippen molar-refractivity contribution in [2.45, 2.75) is 289 Å². The number of nitrogens with one attached hydrogen (secondary N) is 1. The van der Waals surface area contributed by atoms with Crippen LogP contribution in [0.5, 0.6) is 0 Å². The topological polar surface area (TPSA) is 105 Å². The molecule has 0 aliphatic rings. The van der Waals surface area contributed by atoms with Crippen LogP contribution in [0.15, 0.2) is 36.5 Å². The van der Waals surface area contributed by atoms with Gasteiger partial charge in [0.2, 0.25) is 5.91 Å². The zero-order valence-electron chi connectivity index (χ0n) is 45.2. The van der Waals surface area contributed by atoms with Crippen molar-refractivity contribution in [2.24, 2.45) is 0 Å². The molecule has 0 bridgehead atoms. The Bertz CT molecular complexity index is 1190. The van der Waals surface area contributed by atoms with Crippen LogP contribution in [0.3, 0.4) is 0 Å². The van der Waals surface area contributed by atoms with Crippen molar-refractivity contribution in [1.29, 1.82) is 0 Å². The van der Waals surface area contributed by atoms with Crippen molar-refractivity contribution in [1.82, 2.24) is 5.32 Å². The number of hydrogen-bond acceptors (Lipinski definition) is 5. The minimum Gasteiger partial charge on any atom is -0.387 e. The van der Waals surface area contributed by atoms with E-state index in [0.717, 1.165) is 51.4 Å². The maximum absolute atomic E-state index is 12.9. The SMILES string of the molecule is CCCCC/C=C/CC/C=C/CC/C=C/C(O)C(COP(=O)(O)OCC[N+](C)(C)C)NC(=O)CCCCCCCCCCCCCCCCCCCCCCCCCCCCCCCCCC. The molecule has 0 heterocycles. The number of aliphatic hydroxyl groups is 1. The van der Waals surface area contributed by atoms with Crippen molar-refractivity contribution in [2.75, 3.05) is 40.9 Å². The number of allylic oxidation sites excluding steroid dienone is 5. The van der Waals surface area contributed by atoms with E-state index in [-0.39, 0.29) is 19.1 Å². The second-order valence-corrected chi connectivity index (χ2v) is 22.5. The van der Waals surface area contributed by atoms with Crippen molar-refractivity contribution >= 4 is 13.7 Å². The van der Waals surface area contributed by atoms with Gasteiger partial charge in [0.25, 0.3) is 0 Å². The molecule has 396 valence electrons. The van der Waals surface area contributed by atoms with Crippen LogP contribution in [0.2, 0.25) is 0 Å². The van der Waals surface area contributed by atoms with Gasteiger partial charge < -0.3 is 19.8 Å². The second kappa shape index (κ2) is 49.7. The summed E-state index contributed by atoms with van der Waals surface area (Å²) in [6.07, 6.45) is 64.2. The predicted molar refractivity (Wildman–Crippen MR) is 291 cm³/mol. The third-order valence-electron chi connectivity index (χ3n) is 13.1. The van der Waals surface area contributed by atoms with Gasteiger partial charge in [-0.05, 0) is 44.9 Å². The molecule has 0 aliphatic heterocycles. The normalized spacial score (nSPS) is 14.2. The van der Waals surface area contributed by atoms with Crippen molar-refractivity contribution < 1.29 is 32.9 Å². The van der Waals surface area contributed by atoms with E-state index >= 15 is 0 Å². The number of rotatable bonds is 53. The molecule has 0 saturated carbocycles. The van der Waals surface area contributed by atoms with E-state index in [4.69, 9.17) is 9.05 Å². The minimum absolute atomic E-state index is 0.0548. The molecule has 3 unspecified atom stereocenters. The molecule has 9 heteroatoms. The molecule has 8 nitrogen and oxygen atoms in total. The predicted octanol–water partition coefficient (Wildman–Crippen LogP) is 17.4. The lowest BCUT2D eigenvalue weighted by molar-refractivity contribution is -0.870. The maximum atomic E-state index is 12.9. The van der Waals surface area contributed by atoms with Gasteiger partial charge in [-0.25, -0.2) is 4.57 Å². The zero-order chi connectivity index (χ0) is 49.2. The highest BCUT2D eigenvalue weighted by molar-refractivity contribution is 7.47. The van der Waals surface area contributed by atoms with Crippen molar-refractivity contribution in [3.05, 3.63) is 36.5 Å². The second-order valence-electron chi connectivity index (χ2n) is 21.0. The van der Waals surface area contributed by atoms with E-state index in [1.807, 2.05) is 27.2 Å². The molecule has 0 aromatic carbocycles. The number of carbonyl (C=O) groups excluding carboxylic acids is 1. The van der Waals surface area contributed by atoms with Crippen molar-refractivity contribution in [3.8, 4) is 0 Å². The van der Waals surface area contributed by atoms with E-state index in [9.17, 15) is 19.4 Å². The van der Waals surface area contributed by atoms with Crippen LogP contribution in [-0.2, 0) is 18.4 Å². The molecule has 0 aromatic heterocycles. The Kier molecular flexibility index (Phi) is 48.7. The summed E-state index contributed by atoms with van der Waals surface area (Å²) in [5.41, 5.74) is 0. The van der Waals surface area contributed by atoms with E-state index in [1.54, 1.807) is 6.08 Å². The molecule has 0 fully saturated rings. The lowest BCUT2D eigenvalue weighted by atomic mass is 10.0. The van der Waals surface area contributed by atoms with Gasteiger partial charge >= 0.3 is 7.82 Å². The summed E-state index contributed by atoms with van der Waals surface area (Å²) in [6.45, 7) is 4.78. The first-order chi connectivity index (χ1) is 32.5. The lowest BCUT2D eigenvalue weighted by Gasteiger charge is -2.25. The van der Waals surface area contributed by atoms with Gasteiger partial charge in [-0.15, -0.1) is 0 Å². The van der Waals surface area contributed by atoms with Crippen LogP contribution < -0.4 is 5.32 Å². The molecule has 0 saturated heterocycles. The molecule has 0 radical (unpaired) electrons. The zero-order valence-corrected chi connectivity index (χ0v) is 46.0. The van der Waals surface area contributed by atoms with Gasteiger partial charge in [0.1, 0.15) is 13.2 Å². The van der Waals surface area contributed by atoms with E-state index in [0.29, 0.717) is 17.4 Å². The van der Waals surface area contributed by atoms with Crippen LogP contribution >= 0.6 is 7.82 Å². The van der Waals surface area contributed by atoms with Gasteiger partial charge in [0.15, 0.2) is 0 Å². The van der Waals surface area contributed by atoms with Gasteiger partial charge in [-0.3, -0.25) is 13.8 Å². The Morgan fingerprint density at radius 2 is 0.821 bits per heavy atom. The smallest absolute Gasteiger partial charge is 0.387 e. The van der Waals surface area contributed by atoms with E-state index in [2.05, 4.69) is 43.5 Å². The fourth-order valence-electron chi connectivity index (χ4n) is 8.55. The molecule has 0 rings (SSSR count). The van der Waals surface area contributed by atoms with Crippen LogP contribution in [0.1, 0.15) is 277 Å². The first kappa shape index (κ1) is 65.7. The van der Waals surface area contributed by atoms with Gasteiger partial charge in [0.05, 0.1) is 39.9 Å². The third-order valence-corrected chi connectivity index (χ3v) is 14.1. The minimum atomic E-state index is -4.35. The number of aliphatic hydroxyl groups excluding tert-OH is 1. The Balaban J connectivity index is 4.01. The Morgan fingerprint density at radius 3 is 1.19 bits per heavy atom. The highest BCUT2D eigenvalue weighted by Crippen LogP contribution is 2.43. The third kappa shape index (κ3) is 52.4. The standard InChI is InChI=1S/C58H113N2O6P/c1-6-8-10-12-14-16-18-20-21-22-23-24-25-26-27-28-29-30-31-32-33-34-35-36-37-38-40-42-44-46-48-50-52-58(62)59-56(55-66-67(63,64)65-54-53-60(3,4)5)57(61)51-49-47-45-43-41-39-19-17-15-13-11-9-7-2/h15,17,41,43,49,51,56-57,61H,6-14,16,18-40,42,44-48,50,52-55H2,1-5H3,(H-,59,62,63,64)/p+1/b17-15+,43-41+,51-49+. The number of amides is 1. The maximum Gasteiger partial charge on any atom is 0.472 e. The largest absolute Gasteiger partial charge is 0.472 e. The summed E-state index contributed by atoms with van der Waals surface area (Å²) >= 11 is 0. The fraction of sp³-hybridized carbons (Fsp3) is 0.879. The fourth-order valence-corrected chi connectivity index (χ4v) is 9.28. The number of hydrogen-bond donors (Lipinski definition) is 3. The highest BCUT2D eigenvalue weighted by Gasteiger charge is 2.27. The van der Waals surface area contributed by atoms with Gasteiger partial charge in [0, 0.05) is 6.42 Å². The number of nitrogens with zero attached hydrogens (tertiary/aromatic N) is 1. The van der Waals surface area contributed by atoms with Gasteiger partial charge in [-0.1, -0.05) is 262 Å². The first-order valence-corrected chi connectivity index (χ1v) is 30.4. The molecular weight excluding hydrogens is 852 g/mol. The first-order valence-electron chi connectivity index (χ1n) is 28.9. The average molecular weight is 967 g/mol. The summed E-state index contributed by atoms with van der Waals surface area (Å²) in [5, 5.41) is 13.8. The molecule has 0 aliphatic carbocycles. The van der Waals surface area contributed by atoms with E-state index in [1.165, 1.54) is 205 Å². The molecule has 3 N–H and O–H groups in total. The summed E-state index contributed by atoms with van der Waals surface area (Å²) < 4.78 is 23.6. The molecule has 67 heavy (non-hydrogen) atoms. The summed E-state index contributed by atoms with van der Waals surface area (Å²) in [7, 11) is 1.55. The van der Waals surface area contributed by atoms with Crippen molar-refractivity contribution in [3.63, 3.8) is 0 Å². The molecule has 1 amide bonds. The van der Waals surface area contributed by atoms with E-state index < -0.39 is 20.0 Å². The number of carbonyl (C=O) groups is 1. The van der Waals surface area contributed by atoms with Crippen LogP contribution in [0.25, 0.3) is 0 Å². The number of unbranched alkanes of at least 4 members (excludes halogenated alkanes) is 36. The van der Waals surface area contributed by atoms with Crippen LogP contribution in [0, 0.1) is 0 Å². The summed E-state index contributed by atoms with van der Waals surface area (Å²) in [4.78, 5) is 23.2. The van der Waals surface area contributed by atoms with Crippen LogP contribution in [0.4, 0.5) is 0 Å². The summed E-state index contributed by atoms with van der Waals surface area (Å²) in [5.74, 6) is -0.187. The van der Waals surface area contributed by atoms with Crippen LogP contribution in [-0.4, -0.2) is 73.4 Å². The number of likely N-dealkylation sites (N-methyl/N-ethyl adjacent to an activating group) is 1. The highest BCUT2D eigenvalue weighted by atomic mass is 31.2. The molecule has 0 spiro atoms.